The quantitative estimate of drug-likeness (QED) is 0.396. The molecule has 0 rings (SSSR count). The van der Waals surface area contributed by atoms with E-state index in [9.17, 15) is 0 Å². The first-order chi connectivity index (χ1) is 5.91. The highest BCUT2D eigenvalue weighted by molar-refractivity contribution is 4.68. The zero-order valence-electron chi connectivity index (χ0n) is 7.89. The second-order valence-corrected chi connectivity index (χ2v) is 3.11. The van der Waals surface area contributed by atoms with E-state index in [1.54, 1.807) is 0 Å². The molecule has 1 heteroatoms. The molecule has 0 aliphatic heterocycles. The van der Waals surface area contributed by atoms with Crippen molar-refractivity contribution < 1.29 is 0 Å². The highest BCUT2D eigenvalue weighted by atomic mass is 14.2. The number of nitriles is 1. The molecule has 0 radical (unpaired) electrons. The summed E-state index contributed by atoms with van der Waals surface area (Å²) in [5, 5.41) is 8.28. The van der Waals surface area contributed by atoms with Gasteiger partial charge in [0.1, 0.15) is 0 Å². The third-order valence-electron chi connectivity index (χ3n) is 1.95. The van der Waals surface area contributed by atoms with Crippen LogP contribution < -0.4 is 0 Å². The Morgan fingerprint density at radius 3 is 2.17 bits per heavy atom. The lowest BCUT2D eigenvalue weighted by Gasteiger charge is -1.97. The van der Waals surface area contributed by atoms with E-state index in [-0.39, 0.29) is 0 Å². The first-order valence-electron chi connectivity index (χ1n) is 4.89. The molecule has 0 unspecified atom stereocenters. The Morgan fingerprint density at radius 2 is 1.58 bits per heavy atom. The third kappa shape index (κ3) is 9.23. The highest BCUT2D eigenvalue weighted by Crippen LogP contribution is 2.07. The number of hydrogen-bond donors (Lipinski definition) is 0. The van der Waals surface area contributed by atoms with Gasteiger partial charge in [-0.2, -0.15) is 5.26 Å². The minimum absolute atomic E-state index is 0.729. The number of hydrogen-bond acceptors (Lipinski definition) is 1. The van der Waals surface area contributed by atoms with E-state index in [0.717, 1.165) is 19.3 Å². The van der Waals surface area contributed by atoms with Crippen LogP contribution in [0.3, 0.4) is 0 Å². The molecule has 0 spiro atoms. The predicted molar refractivity (Wildman–Crippen MR) is 52.7 cm³/mol. The lowest BCUT2D eigenvalue weighted by Crippen LogP contribution is -1.78. The van der Waals surface area contributed by atoms with Crippen molar-refractivity contribution in [1.82, 2.24) is 0 Å². The molecule has 68 valence electrons. The molecule has 0 heterocycles. The lowest BCUT2D eigenvalue weighted by atomic mass is 10.1. The van der Waals surface area contributed by atoms with Crippen LogP contribution >= 0.6 is 0 Å². The molecule has 0 N–H and O–H groups in total. The smallest absolute Gasteiger partial charge is 0.0621 e. The first-order valence-corrected chi connectivity index (χ1v) is 4.89. The summed E-state index contributed by atoms with van der Waals surface area (Å²) in [6.45, 7) is 3.68. The van der Waals surface area contributed by atoms with E-state index in [4.69, 9.17) is 5.26 Å². The molecule has 0 amide bonds. The van der Waals surface area contributed by atoms with Gasteiger partial charge in [0.15, 0.2) is 0 Å². The van der Waals surface area contributed by atoms with Crippen molar-refractivity contribution in [2.45, 2.75) is 51.4 Å². The maximum absolute atomic E-state index is 8.28. The zero-order chi connectivity index (χ0) is 9.07. The molecule has 0 aromatic carbocycles. The van der Waals surface area contributed by atoms with E-state index in [2.05, 4.69) is 12.6 Å². The van der Waals surface area contributed by atoms with E-state index < -0.39 is 0 Å². The van der Waals surface area contributed by atoms with Crippen LogP contribution in [0.4, 0.5) is 0 Å². The van der Waals surface area contributed by atoms with Crippen LogP contribution in [0.2, 0.25) is 0 Å². The number of rotatable bonds is 8. The third-order valence-corrected chi connectivity index (χ3v) is 1.95. The van der Waals surface area contributed by atoms with Crippen LogP contribution in [0.25, 0.3) is 0 Å². The summed E-state index contributed by atoms with van der Waals surface area (Å²) >= 11 is 0. The van der Waals surface area contributed by atoms with Crippen molar-refractivity contribution in [3.05, 3.63) is 12.7 Å². The molecule has 0 fully saturated rings. The molecule has 0 aromatic rings. The fourth-order valence-electron chi connectivity index (χ4n) is 1.20. The van der Waals surface area contributed by atoms with Crippen LogP contribution in [0.15, 0.2) is 12.7 Å². The molecule has 0 aromatic heterocycles. The summed E-state index contributed by atoms with van der Waals surface area (Å²) in [7, 11) is 0. The summed E-state index contributed by atoms with van der Waals surface area (Å²) < 4.78 is 0. The fourth-order valence-corrected chi connectivity index (χ4v) is 1.20. The van der Waals surface area contributed by atoms with Crippen LogP contribution in [-0.2, 0) is 0 Å². The van der Waals surface area contributed by atoms with E-state index in [1.807, 2.05) is 6.08 Å². The topological polar surface area (TPSA) is 23.8 Å². The maximum Gasteiger partial charge on any atom is 0.0621 e. The highest BCUT2D eigenvalue weighted by Gasteiger charge is 1.89. The van der Waals surface area contributed by atoms with Gasteiger partial charge in [0.05, 0.1) is 6.07 Å². The van der Waals surface area contributed by atoms with Gasteiger partial charge in [-0.25, -0.2) is 0 Å². The number of nitrogens with zero attached hydrogens (tertiary/aromatic N) is 1. The molecular formula is C11H19N. The molecule has 0 aliphatic rings. The SMILES string of the molecule is C=CCCCCCCCCC#N. The fraction of sp³-hybridized carbons (Fsp3) is 0.727. The average molecular weight is 165 g/mol. The van der Waals surface area contributed by atoms with E-state index in [1.165, 1.54) is 32.1 Å². The Morgan fingerprint density at radius 1 is 1.00 bits per heavy atom. The van der Waals surface area contributed by atoms with Crippen LogP contribution in [0, 0.1) is 11.3 Å². The minimum atomic E-state index is 0.729. The van der Waals surface area contributed by atoms with Crippen molar-refractivity contribution in [3.8, 4) is 6.07 Å². The van der Waals surface area contributed by atoms with Gasteiger partial charge in [-0.3, -0.25) is 0 Å². The Kier molecular flexibility index (Phi) is 9.57. The van der Waals surface area contributed by atoms with Crippen molar-refractivity contribution in [1.29, 1.82) is 5.26 Å². The van der Waals surface area contributed by atoms with Gasteiger partial charge in [0, 0.05) is 6.42 Å². The Labute approximate surface area is 76.1 Å². The van der Waals surface area contributed by atoms with Crippen LogP contribution in [0.1, 0.15) is 51.4 Å². The number of unbranched alkanes of at least 4 members (excludes halogenated alkanes) is 7. The van der Waals surface area contributed by atoms with Gasteiger partial charge < -0.3 is 0 Å². The second-order valence-electron chi connectivity index (χ2n) is 3.11. The zero-order valence-corrected chi connectivity index (χ0v) is 7.89. The van der Waals surface area contributed by atoms with Crippen molar-refractivity contribution in [2.75, 3.05) is 0 Å². The average Bonchev–Trinajstić information content (AvgIpc) is 2.10. The molecular weight excluding hydrogens is 146 g/mol. The van der Waals surface area contributed by atoms with Crippen molar-refractivity contribution in [2.24, 2.45) is 0 Å². The van der Waals surface area contributed by atoms with Crippen molar-refractivity contribution in [3.63, 3.8) is 0 Å². The Hall–Kier alpha value is -0.770. The summed E-state index contributed by atoms with van der Waals surface area (Å²) in [6, 6.07) is 2.17. The summed E-state index contributed by atoms with van der Waals surface area (Å²) in [6.07, 6.45) is 11.4. The molecule has 0 saturated heterocycles. The summed E-state index contributed by atoms with van der Waals surface area (Å²) in [5.41, 5.74) is 0. The summed E-state index contributed by atoms with van der Waals surface area (Å²) in [5.74, 6) is 0. The molecule has 1 nitrogen and oxygen atoms in total. The van der Waals surface area contributed by atoms with Crippen LogP contribution in [-0.4, -0.2) is 0 Å². The Balaban J connectivity index is 2.82. The monoisotopic (exact) mass is 165 g/mol. The standard InChI is InChI=1S/C11H19N/c1-2-3-4-5-6-7-8-9-10-11-12/h2H,1,3-10H2. The number of allylic oxidation sites excluding steroid dienone is 1. The van der Waals surface area contributed by atoms with Gasteiger partial charge in [0.25, 0.3) is 0 Å². The van der Waals surface area contributed by atoms with Gasteiger partial charge in [0.2, 0.25) is 0 Å². The summed E-state index contributed by atoms with van der Waals surface area (Å²) in [4.78, 5) is 0. The molecule has 0 aliphatic carbocycles. The van der Waals surface area contributed by atoms with Crippen molar-refractivity contribution >= 4 is 0 Å². The second kappa shape index (κ2) is 10.2. The molecule has 12 heavy (non-hydrogen) atoms. The largest absolute Gasteiger partial charge is 0.198 e. The molecule has 0 bridgehead atoms. The van der Waals surface area contributed by atoms with Gasteiger partial charge in [-0.15, -0.1) is 6.58 Å². The van der Waals surface area contributed by atoms with Gasteiger partial charge >= 0.3 is 0 Å². The van der Waals surface area contributed by atoms with Gasteiger partial charge in [-0.05, 0) is 19.3 Å². The lowest BCUT2D eigenvalue weighted by molar-refractivity contribution is 0.601. The minimum Gasteiger partial charge on any atom is -0.198 e. The maximum atomic E-state index is 8.28. The molecule has 0 saturated carbocycles. The van der Waals surface area contributed by atoms with E-state index >= 15 is 0 Å². The van der Waals surface area contributed by atoms with Gasteiger partial charge in [-0.1, -0.05) is 31.8 Å². The normalized spacial score (nSPS) is 9.25. The Bertz CT molecular complexity index is 132. The first kappa shape index (κ1) is 11.2. The van der Waals surface area contributed by atoms with Crippen LogP contribution in [0.5, 0.6) is 0 Å². The predicted octanol–water partition coefficient (Wildman–Crippen LogP) is 3.82. The van der Waals surface area contributed by atoms with E-state index in [0.29, 0.717) is 0 Å². The molecule has 0 atom stereocenters.